The van der Waals surface area contributed by atoms with Gasteiger partial charge in [0.2, 0.25) is 0 Å². The summed E-state index contributed by atoms with van der Waals surface area (Å²) in [6, 6.07) is 3.71. The molecule has 3 N–H and O–H groups in total. The van der Waals surface area contributed by atoms with Gasteiger partial charge in [0.15, 0.2) is 0 Å². The molecule has 37 heavy (non-hydrogen) atoms. The van der Waals surface area contributed by atoms with Gasteiger partial charge in [-0.1, -0.05) is 12.1 Å². The van der Waals surface area contributed by atoms with Crippen LogP contribution in [0.2, 0.25) is 0 Å². The number of carbonyl (C=O) groups excluding carboxylic acids is 2. The smallest absolute Gasteiger partial charge is 0.416 e. The Labute approximate surface area is 207 Å². The molecule has 1 aromatic heterocycles. The van der Waals surface area contributed by atoms with Crippen LogP contribution in [0.1, 0.15) is 32.7 Å². The lowest BCUT2D eigenvalue weighted by Gasteiger charge is -2.30. The number of hydrogen-bond donors (Lipinski definition) is 3. The molecular weight excluding hydrogens is 501 g/mol. The van der Waals surface area contributed by atoms with Crippen molar-refractivity contribution in [1.29, 1.82) is 0 Å². The van der Waals surface area contributed by atoms with Gasteiger partial charge < -0.3 is 34.6 Å². The van der Waals surface area contributed by atoms with E-state index in [0.29, 0.717) is 31.9 Å². The van der Waals surface area contributed by atoms with Gasteiger partial charge in [0.05, 0.1) is 38.4 Å². The second-order valence-corrected chi connectivity index (χ2v) is 8.55. The Bertz CT molecular complexity index is 1290. The maximum atomic E-state index is 13.3. The van der Waals surface area contributed by atoms with E-state index in [9.17, 15) is 37.5 Å². The number of alkyl halides is 3. The Morgan fingerprint density at radius 1 is 1.03 bits per heavy atom. The van der Waals surface area contributed by atoms with Gasteiger partial charge >= 0.3 is 18.2 Å². The summed E-state index contributed by atoms with van der Waals surface area (Å²) in [6.07, 6.45) is -4.55. The number of pyridine rings is 1. The molecule has 11 nitrogen and oxygen atoms in total. The number of aliphatic carboxylic acids is 1. The molecule has 1 saturated heterocycles. The van der Waals surface area contributed by atoms with Crippen LogP contribution in [0.5, 0.6) is 5.75 Å². The van der Waals surface area contributed by atoms with Gasteiger partial charge in [-0.15, -0.1) is 0 Å². The number of carboxylic acids is 1. The van der Waals surface area contributed by atoms with Crippen molar-refractivity contribution >= 4 is 17.9 Å². The number of ether oxygens (including phenoxy) is 1. The molecule has 4 rings (SSSR count). The van der Waals surface area contributed by atoms with Gasteiger partial charge in [0, 0.05) is 24.3 Å². The van der Waals surface area contributed by atoms with Crippen molar-refractivity contribution in [1.82, 2.24) is 19.7 Å². The van der Waals surface area contributed by atoms with E-state index >= 15 is 0 Å². The van der Waals surface area contributed by atoms with Gasteiger partial charge in [0.25, 0.3) is 11.5 Å². The van der Waals surface area contributed by atoms with Crippen molar-refractivity contribution in [3.8, 4) is 5.75 Å². The quantitative estimate of drug-likeness (QED) is 0.534. The minimum Gasteiger partial charge on any atom is -0.506 e. The zero-order valence-corrected chi connectivity index (χ0v) is 19.4. The highest BCUT2D eigenvalue weighted by Crippen LogP contribution is 2.33. The summed E-state index contributed by atoms with van der Waals surface area (Å²) in [7, 11) is 0. The number of aromatic hydroxyl groups is 1. The minimum absolute atomic E-state index is 0.0913. The molecular formula is C23H23F3N4O7. The molecule has 0 bridgehead atoms. The molecule has 0 saturated carbocycles. The fourth-order valence-electron chi connectivity index (χ4n) is 4.27. The lowest BCUT2D eigenvalue weighted by atomic mass is 10.1. The van der Waals surface area contributed by atoms with Gasteiger partial charge in [-0.05, 0) is 17.7 Å². The van der Waals surface area contributed by atoms with Crippen LogP contribution in [0.25, 0.3) is 0 Å². The molecule has 0 atom stereocenters. The fraction of sp³-hybridized carbons (Fsp3) is 0.391. The first-order chi connectivity index (χ1) is 17.5. The van der Waals surface area contributed by atoms with Gasteiger partial charge in [-0.3, -0.25) is 14.4 Å². The third-order valence-corrected chi connectivity index (χ3v) is 6.15. The molecule has 2 aromatic rings. The Balaban J connectivity index is 1.73. The van der Waals surface area contributed by atoms with Crippen molar-refractivity contribution in [2.45, 2.75) is 25.8 Å². The van der Waals surface area contributed by atoms with Crippen LogP contribution in [0, 0.1) is 0 Å². The second kappa shape index (κ2) is 10.1. The third kappa shape index (κ3) is 5.38. The first-order valence-electron chi connectivity index (χ1n) is 11.2. The number of benzene rings is 1. The van der Waals surface area contributed by atoms with E-state index in [1.165, 1.54) is 17.0 Å². The van der Waals surface area contributed by atoms with Crippen molar-refractivity contribution in [3.63, 3.8) is 0 Å². The lowest BCUT2D eigenvalue weighted by Crippen LogP contribution is -2.46. The number of urea groups is 1. The van der Waals surface area contributed by atoms with Crippen molar-refractivity contribution < 1.29 is 42.5 Å². The second-order valence-electron chi connectivity index (χ2n) is 8.55. The number of halogens is 3. The summed E-state index contributed by atoms with van der Waals surface area (Å²) >= 11 is 0. The Morgan fingerprint density at radius 3 is 2.27 bits per heavy atom. The molecule has 1 fully saturated rings. The van der Waals surface area contributed by atoms with E-state index in [1.54, 1.807) is 4.90 Å². The van der Waals surface area contributed by atoms with E-state index in [1.807, 2.05) is 5.32 Å². The van der Waals surface area contributed by atoms with Crippen LogP contribution in [-0.4, -0.2) is 75.3 Å². The molecule has 0 aliphatic carbocycles. The van der Waals surface area contributed by atoms with Crippen molar-refractivity contribution in [3.05, 3.63) is 62.6 Å². The van der Waals surface area contributed by atoms with E-state index < -0.39 is 47.0 Å². The van der Waals surface area contributed by atoms with Crippen molar-refractivity contribution in [2.24, 2.45) is 0 Å². The number of morpholine rings is 1. The summed E-state index contributed by atoms with van der Waals surface area (Å²) in [5.41, 5.74) is -1.92. The van der Waals surface area contributed by atoms with Crippen LogP contribution >= 0.6 is 0 Å². The fourth-order valence-corrected chi connectivity index (χ4v) is 4.27. The molecule has 0 spiro atoms. The average molecular weight is 524 g/mol. The third-order valence-electron chi connectivity index (χ3n) is 6.15. The largest absolute Gasteiger partial charge is 0.506 e. The molecule has 2 aliphatic heterocycles. The molecule has 2 aliphatic rings. The summed E-state index contributed by atoms with van der Waals surface area (Å²) in [4.78, 5) is 52.8. The van der Waals surface area contributed by atoms with Crippen LogP contribution in [0.4, 0.5) is 18.0 Å². The molecule has 0 radical (unpaired) electrons. The number of nitrogens with zero attached hydrogens (tertiary/aromatic N) is 3. The predicted octanol–water partition coefficient (Wildman–Crippen LogP) is 1.20. The zero-order valence-electron chi connectivity index (χ0n) is 19.4. The highest BCUT2D eigenvalue weighted by molar-refractivity contribution is 5.98. The number of hydrogen-bond acceptors (Lipinski definition) is 6. The topological polar surface area (TPSA) is 141 Å². The van der Waals surface area contributed by atoms with E-state index in [0.717, 1.165) is 16.7 Å². The number of carbonyl (C=O) groups is 3. The van der Waals surface area contributed by atoms with E-state index in [2.05, 4.69) is 0 Å². The monoisotopic (exact) mass is 524 g/mol. The Kier molecular flexibility index (Phi) is 7.12. The van der Waals surface area contributed by atoms with Crippen LogP contribution in [-0.2, 0) is 35.3 Å². The van der Waals surface area contributed by atoms with Gasteiger partial charge in [0.1, 0.15) is 17.9 Å². The van der Waals surface area contributed by atoms with Crippen LogP contribution in [0.15, 0.2) is 29.1 Å². The maximum absolute atomic E-state index is 13.3. The zero-order chi connectivity index (χ0) is 26.9. The molecule has 14 heteroatoms. The molecule has 3 amide bonds. The van der Waals surface area contributed by atoms with E-state index in [4.69, 9.17) is 9.84 Å². The normalized spacial score (nSPS) is 15.4. The van der Waals surface area contributed by atoms with E-state index in [-0.39, 0.29) is 36.9 Å². The summed E-state index contributed by atoms with van der Waals surface area (Å²) in [6.45, 7) is 0.107. The molecule has 198 valence electrons. The lowest BCUT2D eigenvalue weighted by molar-refractivity contribution is -0.138. The summed E-state index contributed by atoms with van der Waals surface area (Å²) in [5.74, 6) is -3.18. The standard InChI is InChI=1S/C23H23F3N4O7/c24-23(25,26)14-3-1-13(2-4-14)10-30-16-12-29(22(36)28-5-7-37-8-6-28)11-15(16)19(33)18(21(30)35)20(34)27-9-17(31)32/h1-4,33H,5-12H2,(H,27,34)(H,31,32). The minimum atomic E-state index is -4.55. The Hall–Kier alpha value is -4.07. The first kappa shape index (κ1) is 26.0. The van der Waals surface area contributed by atoms with Gasteiger partial charge in [-0.25, -0.2) is 4.79 Å². The Morgan fingerprint density at radius 2 is 1.68 bits per heavy atom. The summed E-state index contributed by atoms with van der Waals surface area (Å²) in [5, 5.41) is 21.7. The number of fused-ring (bicyclic) bond motifs is 1. The van der Waals surface area contributed by atoms with Crippen LogP contribution < -0.4 is 10.9 Å². The van der Waals surface area contributed by atoms with Crippen molar-refractivity contribution in [2.75, 3.05) is 32.8 Å². The SMILES string of the molecule is O=C(O)CNC(=O)c1c(O)c2c(n(Cc3ccc(C(F)(F)F)cc3)c1=O)CN(C(=O)N1CCOCC1)C2. The first-order valence-corrected chi connectivity index (χ1v) is 11.2. The van der Waals surface area contributed by atoms with Gasteiger partial charge in [-0.2, -0.15) is 13.2 Å². The van der Waals surface area contributed by atoms with Crippen LogP contribution in [0.3, 0.4) is 0 Å². The number of rotatable bonds is 5. The number of aromatic nitrogens is 1. The summed E-state index contributed by atoms with van der Waals surface area (Å²) < 4.78 is 45.2. The molecule has 1 aromatic carbocycles. The number of nitrogens with one attached hydrogen (secondary N) is 1. The maximum Gasteiger partial charge on any atom is 0.416 e. The molecule has 3 heterocycles. The predicted molar refractivity (Wildman–Crippen MR) is 120 cm³/mol. The number of amides is 3. The highest BCUT2D eigenvalue weighted by Gasteiger charge is 2.36. The number of carboxylic acid groups (broad SMARTS) is 1. The molecule has 0 unspecified atom stereocenters. The average Bonchev–Trinajstić information content (AvgIpc) is 3.31. The highest BCUT2D eigenvalue weighted by atomic mass is 19.4.